The van der Waals surface area contributed by atoms with Gasteiger partial charge in [0.05, 0.1) is 0 Å². The molecule has 1 nitrogen and oxygen atoms in total. The molecule has 1 aliphatic carbocycles. The van der Waals surface area contributed by atoms with E-state index in [1.165, 1.54) is 31.3 Å². The first-order chi connectivity index (χ1) is 6.29. The van der Waals surface area contributed by atoms with Gasteiger partial charge in [0.1, 0.15) is 5.78 Å². The van der Waals surface area contributed by atoms with E-state index in [9.17, 15) is 4.79 Å². The fourth-order valence-corrected chi connectivity index (χ4v) is 1.54. The van der Waals surface area contributed by atoms with Crippen molar-refractivity contribution in [2.24, 2.45) is 0 Å². The zero-order valence-electron chi connectivity index (χ0n) is 8.38. The molecule has 0 aromatic rings. The van der Waals surface area contributed by atoms with E-state index in [0.717, 1.165) is 6.42 Å². The fraction of sp³-hybridized carbons (Fsp3) is 0.583. The Morgan fingerprint density at radius 3 is 3.00 bits per heavy atom. The van der Waals surface area contributed by atoms with Gasteiger partial charge in [0.25, 0.3) is 0 Å². The number of rotatable bonds is 4. The quantitative estimate of drug-likeness (QED) is 0.644. The first-order valence-electron chi connectivity index (χ1n) is 5.14. The van der Waals surface area contributed by atoms with Crippen LogP contribution in [0.5, 0.6) is 0 Å². The summed E-state index contributed by atoms with van der Waals surface area (Å²) in [6.45, 7) is 1.65. The number of hydrogen-bond donors (Lipinski definition) is 0. The van der Waals surface area contributed by atoms with E-state index in [-0.39, 0.29) is 5.78 Å². The minimum Gasteiger partial charge on any atom is -0.300 e. The predicted molar refractivity (Wildman–Crippen MR) is 55.6 cm³/mol. The second kappa shape index (κ2) is 5.74. The van der Waals surface area contributed by atoms with Crippen molar-refractivity contribution >= 4 is 5.78 Å². The van der Waals surface area contributed by atoms with Crippen LogP contribution in [0.2, 0.25) is 0 Å². The molecule has 0 heterocycles. The Morgan fingerprint density at radius 1 is 1.54 bits per heavy atom. The average molecular weight is 178 g/mol. The summed E-state index contributed by atoms with van der Waals surface area (Å²) in [7, 11) is 0. The van der Waals surface area contributed by atoms with E-state index in [1.807, 2.05) is 0 Å². The Balaban J connectivity index is 2.22. The predicted octanol–water partition coefficient (Wildman–Crippen LogP) is 3.41. The van der Waals surface area contributed by atoms with Crippen LogP contribution in [0.3, 0.4) is 0 Å². The molecule has 0 aromatic heterocycles. The van der Waals surface area contributed by atoms with Crippen LogP contribution in [0, 0.1) is 0 Å². The third-order valence-electron chi connectivity index (χ3n) is 2.32. The van der Waals surface area contributed by atoms with Crippen LogP contribution in [0.25, 0.3) is 0 Å². The molecule has 1 aliphatic rings. The summed E-state index contributed by atoms with van der Waals surface area (Å²) in [5, 5.41) is 0. The van der Waals surface area contributed by atoms with Gasteiger partial charge in [0.15, 0.2) is 0 Å². The van der Waals surface area contributed by atoms with Gasteiger partial charge in [0.2, 0.25) is 0 Å². The Bertz CT molecular complexity index is 223. The minimum atomic E-state index is 0.280. The Morgan fingerprint density at radius 2 is 2.38 bits per heavy atom. The van der Waals surface area contributed by atoms with Gasteiger partial charge in [-0.3, -0.25) is 0 Å². The van der Waals surface area contributed by atoms with Crippen molar-refractivity contribution in [1.82, 2.24) is 0 Å². The first kappa shape index (κ1) is 10.2. The largest absolute Gasteiger partial charge is 0.300 e. The van der Waals surface area contributed by atoms with Crippen LogP contribution in [0.4, 0.5) is 0 Å². The summed E-state index contributed by atoms with van der Waals surface area (Å²) < 4.78 is 0. The van der Waals surface area contributed by atoms with Gasteiger partial charge in [-0.1, -0.05) is 23.8 Å². The number of carbonyl (C=O) groups excluding carboxylic acids is 1. The second-order valence-electron chi connectivity index (χ2n) is 3.67. The number of allylic oxidation sites excluding steroid dienone is 4. The molecule has 0 fully saturated rings. The molecule has 0 N–H and O–H groups in total. The first-order valence-corrected chi connectivity index (χ1v) is 5.14. The Hall–Kier alpha value is -0.850. The highest BCUT2D eigenvalue weighted by Gasteiger charge is 1.98. The maximum Gasteiger partial charge on any atom is 0.130 e. The lowest BCUT2D eigenvalue weighted by Gasteiger charge is -2.07. The van der Waals surface area contributed by atoms with Crippen molar-refractivity contribution in [2.75, 3.05) is 0 Å². The highest BCUT2D eigenvalue weighted by atomic mass is 16.1. The van der Waals surface area contributed by atoms with Gasteiger partial charge in [0, 0.05) is 6.42 Å². The molecule has 0 bridgehead atoms. The van der Waals surface area contributed by atoms with Crippen molar-refractivity contribution in [3.05, 3.63) is 23.8 Å². The van der Waals surface area contributed by atoms with Gasteiger partial charge in [-0.05, 0) is 39.0 Å². The lowest BCUT2D eigenvalue weighted by molar-refractivity contribution is -0.116. The molecule has 1 rings (SSSR count). The smallest absolute Gasteiger partial charge is 0.130 e. The molecular formula is C12H18O. The van der Waals surface area contributed by atoms with E-state index >= 15 is 0 Å². The van der Waals surface area contributed by atoms with E-state index in [4.69, 9.17) is 0 Å². The number of Topliss-reactive ketones (excluding diaryl/α,β-unsaturated/α-hetero) is 1. The SMILES string of the molecule is CC(=O)CC/C=C/C1=CCCCC1. The molecule has 0 radical (unpaired) electrons. The van der Waals surface area contributed by atoms with Gasteiger partial charge in [-0.25, -0.2) is 0 Å². The second-order valence-corrected chi connectivity index (χ2v) is 3.67. The molecule has 0 spiro atoms. The van der Waals surface area contributed by atoms with Gasteiger partial charge in [-0.15, -0.1) is 0 Å². The third kappa shape index (κ3) is 4.66. The van der Waals surface area contributed by atoms with E-state index in [2.05, 4.69) is 18.2 Å². The third-order valence-corrected chi connectivity index (χ3v) is 2.32. The molecule has 0 aliphatic heterocycles. The molecule has 1 heteroatoms. The summed E-state index contributed by atoms with van der Waals surface area (Å²) in [4.78, 5) is 10.6. The zero-order valence-corrected chi connectivity index (χ0v) is 8.38. The topological polar surface area (TPSA) is 17.1 Å². The van der Waals surface area contributed by atoms with Gasteiger partial charge in [-0.2, -0.15) is 0 Å². The highest BCUT2D eigenvalue weighted by Crippen LogP contribution is 2.18. The van der Waals surface area contributed by atoms with Gasteiger partial charge < -0.3 is 4.79 Å². The van der Waals surface area contributed by atoms with Crippen molar-refractivity contribution < 1.29 is 4.79 Å². The van der Waals surface area contributed by atoms with Crippen LogP contribution >= 0.6 is 0 Å². The van der Waals surface area contributed by atoms with Crippen molar-refractivity contribution in [1.29, 1.82) is 0 Å². The van der Waals surface area contributed by atoms with Crippen LogP contribution in [-0.4, -0.2) is 5.78 Å². The molecule has 0 amide bonds. The highest BCUT2D eigenvalue weighted by molar-refractivity contribution is 5.75. The van der Waals surface area contributed by atoms with Crippen molar-refractivity contribution in [2.45, 2.75) is 45.4 Å². The van der Waals surface area contributed by atoms with E-state index < -0.39 is 0 Å². The van der Waals surface area contributed by atoms with E-state index in [1.54, 1.807) is 6.92 Å². The molecule has 0 atom stereocenters. The van der Waals surface area contributed by atoms with E-state index in [0.29, 0.717) is 6.42 Å². The zero-order chi connectivity index (χ0) is 9.52. The number of ketones is 1. The maximum atomic E-state index is 10.6. The van der Waals surface area contributed by atoms with Crippen LogP contribution in [-0.2, 0) is 4.79 Å². The van der Waals surface area contributed by atoms with Crippen LogP contribution in [0.1, 0.15) is 45.4 Å². The molecule has 0 saturated heterocycles. The Labute approximate surface area is 80.5 Å². The lowest BCUT2D eigenvalue weighted by atomic mass is 9.99. The maximum absolute atomic E-state index is 10.6. The summed E-state index contributed by atoms with van der Waals surface area (Å²) in [5.74, 6) is 0.280. The summed E-state index contributed by atoms with van der Waals surface area (Å²) >= 11 is 0. The van der Waals surface area contributed by atoms with Crippen molar-refractivity contribution in [3.8, 4) is 0 Å². The fourth-order valence-electron chi connectivity index (χ4n) is 1.54. The summed E-state index contributed by atoms with van der Waals surface area (Å²) in [6.07, 6.45) is 13.3. The number of carbonyl (C=O) groups is 1. The molecule has 0 saturated carbocycles. The Kier molecular flexibility index (Phi) is 4.52. The van der Waals surface area contributed by atoms with Crippen LogP contribution < -0.4 is 0 Å². The number of hydrogen-bond acceptors (Lipinski definition) is 1. The average Bonchev–Trinajstić information content (AvgIpc) is 2.14. The summed E-state index contributed by atoms with van der Waals surface area (Å²) in [6, 6.07) is 0. The molecule has 13 heavy (non-hydrogen) atoms. The summed E-state index contributed by atoms with van der Waals surface area (Å²) in [5.41, 5.74) is 1.45. The molecule has 0 aromatic carbocycles. The minimum absolute atomic E-state index is 0.280. The van der Waals surface area contributed by atoms with Crippen molar-refractivity contribution in [3.63, 3.8) is 0 Å². The van der Waals surface area contributed by atoms with Crippen LogP contribution in [0.15, 0.2) is 23.8 Å². The molecule has 72 valence electrons. The molecule has 0 unspecified atom stereocenters. The monoisotopic (exact) mass is 178 g/mol. The molecular weight excluding hydrogens is 160 g/mol. The standard InChI is InChI=1S/C12H18O/c1-11(13)7-5-6-10-12-8-3-2-4-9-12/h6,8,10H,2-5,7,9H2,1H3/b10-6+. The lowest BCUT2D eigenvalue weighted by Crippen LogP contribution is -1.89. The van der Waals surface area contributed by atoms with Gasteiger partial charge >= 0.3 is 0 Å². The normalized spacial score (nSPS) is 17.5.